The molecule has 112 valence electrons. The second-order valence-corrected chi connectivity index (χ2v) is 5.92. The van der Waals surface area contributed by atoms with E-state index in [1.54, 1.807) is 6.07 Å². The first-order valence-electron chi connectivity index (χ1n) is 6.18. The molecule has 0 heterocycles. The number of thioether (sulfide) groups is 1. The zero-order chi connectivity index (χ0) is 15.4. The summed E-state index contributed by atoms with van der Waals surface area (Å²) in [6.45, 7) is -0.932. The van der Waals surface area contributed by atoms with Crippen LogP contribution in [0.2, 0.25) is 5.02 Å². The normalized spacial score (nSPS) is 10.9. The molecule has 2 N–H and O–H groups in total. The fourth-order valence-electron chi connectivity index (χ4n) is 1.77. The van der Waals surface area contributed by atoms with Crippen LogP contribution in [0.15, 0.2) is 41.3 Å². The zero-order valence-electron chi connectivity index (χ0n) is 11.3. The third-order valence-electron chi connectivity index (χ3n) is 2.87. The fraction of sp³-hybridized carbons (Fsp3) is 0.200. The Hall–Kier alpha value is -1.46. The first-order valence-corrected chi connectivity index (χ1v) is 7.54. The van der Waals surface area contributed by atoms with Gasteiger partial charge in [-0.3, -0.25) is 0 Å². The van der Waals surface area contributed by atoms with Gasteiger partial charge in [0.15, 0.2) is 0 Å². The second kappa shape index (κ2) is 7.00. The van der Waals surface area contributed by atoms with Crippen molar-refractivity contribution in [3.05, 3.63) is 52.5 Å². The lowest BCUT2D eigenvalue weighted by Gasteiger charge is -2.11. The van der Waals surface area contributed by atoms with Crippen molar-refractivity contribution >= 4 is 29.1 Å². The molecule has 2 aromatic rings. The number of anilines is 1. The van der Waals surface area contributed by atoms with E-state index in [2.05, 4.69) is 4.74 Å². The number of halogens is 3. The first-order chi connectivity index (χ1) is 9.95. The number of hydrogen-bond donors (Lipinski definition) is 1. The molecule has 0 amide bonds. The molecule has 0 saturated carbocycles. The Morgan fingerprint density at radius 1 is 1.24 bits per heavy atom. The van der Waals surface area contributed by atoms with Gasteiger partial charge in [0.25, 0.3) is 0 Å². The highest BCUT2D eigenvalue weighted by molar-refractivity contribution is 7.98. The molecule has 0 aliphatic rings. The Bertz CT molecular complexity index is 637. The van der Waals surface area contributed by atoms with Gasteiger partial charge in [0.2, 0.25) is 0 Å². The van der Waals surface area contributed by atoms with Crippen LogP contribution in [0.25, 0.3) is 0 Å². The molecule has 0 saturated heterocycles. The molecule has 0 radical (unpaired) electrons. The maximum absolute atomic E-state index is 12.4. The number of aryl methyl sites for hydroxylation is 1. The van der Waals surface area contributed by atoms with Crippen LogP contribution in [-0.2, 0) is 5.75 Å². The molecule has 0 aliphatic carbocycles. The number of nitrogen functional groups attached to an aromatic ring is 1. The average molecular weight is 330 g/mol. The molecule has 2 aromatic carbocycles. The minimum absolute atomic E-state index is 0.147. The summed E-state index contributed by atoms with van der Waals surface area (Å²) in [4.78, 5) is 1.00. The van der Waals surface area contributed by atoms with Crippen molar-refractivity contribution in [3.63, 3.8) is 0 Å². The molecule has 6 heteroatoms. The maximum Gasteiger partial charge on any atom is 0.387 e. The first kappa shape index (κ1) is 15.9. The number of nitrogens with two attached hydrogens (primary N) is 1. The van der Waals surface area contributed by atoms with Crippen LogP contribution in [0.4, 0.5) is 14.5 Å². The fourth-order valence-corrected chi connectivity index (χ4v) is 2.94. The quantitative estimate of drug-likeness (QED) is 0.610. The molecule has 0 spiro atoms. The van der Waals surface area contributed by atoms with Crippen molar-refractivity contribution < 1.29 is 13.5 Å². The zero-order valence-corrected chi connectivity index (χ0v) is 12.8. The van der Waals surface area contributed by atoms with Gasteiger partial charge in [-0.2, -0.15) is 8.78 Å². The predicted molar refractivity (Wildman–Crippen MR) is 83.2 cm³/mol. The summed E-state index contributed by atoms with van der Waals surface area (Å²) in [7, 11) is 0. The standard InChI is InChI=1S/C15H14ClF2NOS/c1-9-6-12(3-4-13(9)19)21-8-10-7-11(16)2-5-14(10)20-15(17)18/h2-7,15H,8,19H2,1H3. The summed E-state index contributed by atoms with van der Waals surface area (Å²) >= 11 is 7.42. The Kier molecular flexibility index (Phi) is 5.31. The van der Waals surface area contributed by atoms with E-state index in [0.717, 1.165) is 16.1 Å². The molecule has 0 atom stereocenters. The monoisotopic (exact) mass is 329 g/mol. The van der Waals surface area contributed by atoms with Gasteiger partial charge in [-0.25, -0.2) is 0 Å². The average Bonchev–Trinajstić information content (AvgIpc) is 2.42. The predicted octanol–water partition coefficient (Wildman–Crippen LogP) is 5.12. The third kappa shape index (κ3) is 4.51. The minimum atomic E-state index is -2.85. The minimum Gasteiger partial charge on any atom is -0.435 e. The molecule has 0 aliphatic heterocycles. The van der Waals surface area contributed by atoms with Crippen molar-refractivity contribution in [2.45, 2.75) is 24.2 Å². The van der Waals surface area contributed by atoms with Crippen LogP contribution in [0.3, 0.4) is 0 Å². The number of benzene rings is 2. The van der Waals surface area contributed by atoms with Gasteiger partial charge in [-0.05, 0) is 48.9 Å². The molecule has 21 heavy (non-hydrogen) atoms. The molecular formula is C15H14ClF2NOS. The Labute approximate surface area is 131 Å². The molecule has 2 rings (SSSR count). The van der Waals surface area contributed by atoms with E-state index in [9.17, 15) is 8.78 Å². The molecule has 2 nitrogen and oxygen atoms in total. The lowest BCUT2D eigenvalue weighted by molar-refractivity contribution is -0.0503. The summed E-state index contributed by atoms with van der Waals surface area (Å²) in [5.41, 5.74) is 8.10. The van der Waals surface area contributed by atoms with Crippen LogP contribution in [0.1, 0.15) is 11.1 Å². The van der Waals surface area contributed by atoms with E-state index >= 15 is 0 Å². The van der Waals surface area contributed by atoms with E-state index in [4.69, 9.17) is 17.3 Å². The van der Waals surface area contributed by atoms with Gasteiger partial charge in [-0.15, -0.1) is 11.8 Å². The third-order valence-corrected chi connectivity index (χ3v) is 4.15. The van der Waals surface area contributed by atoms with Crippen molar-refractivity contribution in [1.82, 2.24) is 0 Å². The molecule has 0 unspecified atom stereocenters. The second-order valence-electron chi connectivity index (χ2n) is 4.44. The summed E-state index contributed by atoms with van der Waals surface area (Å²) in [5, 5.41) is 0.487. The van der Waals surface area contributed by atoms with Gasteiger partial charge in [-0.1, -0.05) is 11.6 Å². The van der Waals surface area contributed by atoms with Crippen LogP contribution in [0.5, 0.6) is 5.75 Å². The number of ether oxygens (including phenoxy) is 1. The maximum atomic E-state index is 12.4. The van der Waals surface area contributed by atoms with Crippen molar-refractivity contribution in [2.24, 2.45) is 0 Å². The van der Waals surface area contributed by atoms with Crippen molar-refractivity contribution in [1.29, 1.82) is 0 Å². The van der Waals surface area contributed by atoms with E-state index in [1.807, 2.05) is 25.1 Å². The van der Waals surface area contributed by atoms with Gasteiger partial charge < -0.3 is 10.5 Å². The van der Waals surface area contributed by atoms with Gasteiger partial charge >= 0.3 is 6.61 Å². The highest BCUT2D eigenvalue weighted by Crippen LogP contribution is 2.32. The van der Waals surface area contributed by atoms with Gasteiger partial charge in [0.1, 0.15) is 5.75 Å². The molecule has 0 bridgehead atoms. The number of hydrogen-bond acceptors (Lipinski definition) is 3. The number of rotatable bonds is 5. The Morgan fingerprint density at radius 3 is 2.67 bits per heavy atom. The highest BCUT2D eigenvalue weighted by atomic mass is 35.5. The van der Waals surface area contributed by atoms with E-state index in [1.165, 1.54) is 23.9 Å². The summed E-state index contributed by atoms with van der Waals surface area (Å²) in [5.74, 6) is 0.625. The largest absolute Gasteiger partial charge is 0.435 e. The smallest absolute Gasteiger partial charge is 0.387 e. The SMILES string of the molecule is Cc1cc(SCc2cc(Cl)ccc2OC(F)F)ccc1N. The molecular weight excluding hydrogens is 316 g/mol. The van der Waals surface area contributed by atoms with E-state index in [0.29, 0.717) is 16.3 Å². The molecule has 0 fully saturated rings. The van der Waals surface area contributed by atoms with Crippen molar-refractivity contribution in [2.75, 3.05) is 5.73 Å². The van der Waals surface area contributed by atoms with Crippen molar-refractivity contribution in [3.8, 4) is 5.75 Å². The Balaban J connectivity index is 2.14. The lowest BCUT2D eigenvalue weighted by Crippen LogP contribution is -2.04. The van der Waals surface area contributed by atoms with Crippen LogP contribution >= 0.6 is 23.4 Å². The van der Waals surface area contributed by atoms with Crippen LogP contribution in [0, 0.1) is 6.92 Å². The summed E-state index contributed by atoms with van der Waals surface area (Å²) in [6, 6.07) is 10.3. The number of alkyl halides is 2. The van der Waals surface area contributed by atoms with Crippen LogP contribution in [-0.4, -0.2) is 6.61 Å². The highest BCUT2D eigenvalue weighted by Gasteiger charge is 2.11. The topological polar surface area (TPSA) is 35.2 Å². The van der Waals surface area contributed by atoms with Crippen LogP contribution < -0.4 is 10.5 Å². The van der Waals surface area contributed by atoms with Gasteiger partial charge in [0, 0.05) is 26.9 Å². The van der Waals surface area contributed by atoms with Gasteiger partial charge in [0.05, 0.1) is 0 Å². The van der Waals surface area contributed by atoms with E-state index in [-0.39, 0.29) is 5.75 Å². The molecule has 0 aromatic heterocycles. The van der Waals surface area contributed by atoms with E-state index < -0.39 is 6.61 Å². The summed E-state index contributed by atoms with van der Waals surface area (Å²) in [6.07, 6.45) is 0. The lowest BCUT2D eigenvalue weighted by atomic mass is 10.2. The Morgan fingerprint density at radius 2 is 2.00 bits per heavy atom. The summed E-state index contributed by atoms with van der Waals surface area (Å²) < 4.78 is 29.3.